The van der Waals surface area contributed by atoms with Crippen molar-refractivity contribution in [1.29, 1.82) is 0 Å². The van der Waals surface area contributed by atoms with Gasteiger partial charge in [-0.25, -0.2) is 15.7 Å². The van der Waals surface area contributed by atoms with Gasteiger partial charge in [0, 0.05) is 32.7 Å². The van der Waals surface area contributed by atoms with Gasteiger partial charge < -0.3 is 0 Å². The van der Waals surface area contributed by atoms with Crippen LogP contribution in [0.4, 0.5) is 0 Å². The summed E-state index contributed by atoms with van der Waals surface area (Å²) in [5.74, 6) is 0. The molecule has 119 valence electrons. The van der Waals surface area contributed by atoms with E-state index in [1.807, 2.05) is 18.2 Å². The van der Waals surface area contributed by atoms with E-state index in [1.54, 1.807) is 0 Å². The molecule has 0 aliphatic rings. The average Bonchev–Trinajstić information content (AvgIpc) is 2.63. The molecule has 0 fully saturated rings. The van der Waals surface area contributed by atoms with Crippen LogP contribution in [0.25, 0.3) is 33.2 Å². The fourth-order valence-electron chi connectivity index (χ4n) is 3.17. The van der Waals surface area contributed by atoms with Crippen LogP contribution in [0.3, 0.4) is 0 Å². The number of nitrogens with zero attached hydrogens (tertiary/aromatic N) is 1. The second-order valence-corrected chi connectivity index (χ2v) is 6.07. The fraction of sp³-hybridized carbons (Fsp3) is 0.0870. The van der Waals surface area contributed by atoms with E-state index < -0.39 is 0 Å². The molecule has 1 radical (unpaired) electrons. The smallest absolute Gasteiger partial charge is 0.136 e. The minimum atomic E-state index is 0. The number of benzene rings is 3. The van der Waals surface area contributed by atoms with Crippen molar-refractivity contribution in [2.45, 2.75) is 6.92 Å². The molecule has 0 amide bonds. The summed E-state index contributed by atoms with van der Waals surface area (Å²) in [7, 11) is 2.07. The van der Waals surface area contributed by atoms with Crippen molar-refractivity contribution in [2.75, 3.05) is 0 Å². The Morgan fingerprint density at radius 2 is 1.64 bits per heavy atom. The van der Waals surface area contributed by atoms with Gasteiger partial charge in [0.2, 0.25) is 0 Å². The Morgan fingerprint density at radius 3 is 2.44 bits per heavy atom. The third-order valence-electron chi connectivity index (χ3n) is 4.44. The van der Waals surface area contributed by atoms with Crippen LogP contribution in [-0.4, -0.2) is 0 Å². The van der Waals surface area contributed by atoms with Crippen LogP contribution in [0.15, 0.2) is 72.9 Å². The normalized spacial score (nSPS) is 10.5. The minimum Gasteiger partial charge on any atom is -0.227 e. The van der Waals surface area contributed by atoms with E-state index in [1.165, 1.54) is 21.9 Å². The molecular weight excluding hydrogens is 379 g/mol. The Morgan fingerprint density at radius 1 is 0.840 bits per heavy atom. The summed E-state index contributed by atoms with van der Waals surface area (Å²) < 4.78 is 2.14. The van der Waals surface area contributed by atoms with Gasteiger partial charge in [0.1, 0.15) is 18.9 Å². The number of hydrogen-bond donors (Lipinski definition) is 0. The molecule has 1 nitrogen and oxygen atoms in total. The number of hydrogen-bond acceptors (Lipinski definition) is 0. The first-order chi connectivity index (χ1) is 11.7. The molecular formula is C23H18NY-. The predicted molar refractivity (Wildman–Crippen MR) is 98.4 cm³/mol. The SMILES string of the molecule is Cc1ccc2ccccc2c1-c1[c-]c(-c2[c-]cccc2)cc[n+]1C.[Y]. The summed E-state index contributed by atoms with van der Waals surface area (Å²) in [6, 6.07) is 29.9. The van der Waals surface area contributed by atoms with Crippen LogP contribution in [0, 0.1) is 19.1 Å². The number of fused-ring (bicyclic) bond motifs is 1. The first-order valence-corrected chi connectivity index (χ1v) is 8.12. The van der Waals surface area contributed by atoms with Crippen LogP contribution < -0.4 is 4.57 Å². The van der Waals surface area contributed by atoms with Crippen LogP contribution in [0.1, 0.15) is 5.56 Å². The Hall–Kier alpha value is -1.83. The third-order valence-corrected chi connectivity index (χ3v) is 4.44. The van der Waals surface area contributed by atoms with Crippen LogP contribution in [0.5, 0.6) is 0 Å². The number of rotatable bonds is 2. The molecule has 0 unspecified atom stereocenters. The summed E-state index contributed by atoms with van der Waals surface area (Å²) in [5, 5.41) is 2.52. The van der Waals surface area contributed by atoms with Gasteiger partial charge in [-0.1, -0.05) is 42.0 Å². The zero-order chi connectivity index (χ0) is 16.5. The van der Waals surface area contributed by atoms with E-state index in [0.717, 1.165) is 16.8 Å². The molecule has 0 N–H and O–H groups in total. The van der Waals surface area contributed by atoms with Gasteiger partial charge in [-0.05, 0) is 23.3 Å². The summed E-state index contributed by atoms with van der Waals surface area (Å²) in [6.45, 7) is 2.16. The molecule has 0 atom stereocenters. The van der Waals surface area contributed by atoms with Gasteiger partial charge in [0.25, 0.3) is 0 Å². The van der Waals surface area contributed by atoms with Crippen molar-refractivity contribution in [1.82, 2.24) is 0 Å². The second kappa shape index (κ2) is 7.60. The molecule has 4 rings (SSSR count). The Bertz CT molecular complexity index is 1020. The monoisotopic (exact) mass is 397 g/mol. The maximum atomic E-state index is 3.61. The molecule has 2 heteroatoms. The van der Waals surface area contributed by atoms with Crippen molar-refractivity contribution in [3.63, 3.8) is 0 Å². The molecule has 1 aromatic heterocycles. The van der Waals surface area contributed by atoms with Crippen molar-refractivity contribution in [3.05, 3.63) is 90.6 Å². The Kier molecular flexibility index (Phi) is 5.46. The molecule has 0 bridgehead atoms. The van der Waals surface area contributed by atoms with Crippen molar-refractivity contribution < 1.29 is 37.3 Å². The molecule has 4 aromatic rings. The van der Waals surface area contributed by atoms with E-state index in [-0.39, 0.29) is 32.7 Å². The second-order valence-electron chi connectivity index (χ2n) is 6.07. The quantitative estimate of drug-likeness (QED) is 0.335. The maximum absolute atomic E-state index is 3.61. The van der Waals surface area contributed by atoms with E-state index in [2.05, 4.69) is 85.4 Å². The molecule has 0 aliphatic carbocycles. The van der Waals surface area contributed by atoms with E-state index in [0.29, 0.717) is 0 Å². The first kappa shape index (κ1) is 18.0. The number of aromatic nitrogens is 1. The summed E-state index contributed by atoms with van der Waals surface area (Å²) in [6.07, 6.45) is 2.10. The van der Waals surface area contributed by atoms with Crippen molar-refractivity contribution >= 4 is 10.8 Å². The topological polar surface area (TPSA) is 3.88 Å². The number of aryl methyl sites for hydroxylation is 2. The maximum Gasteiger partial charge on any atom is 0.136 e. The minimum absolute atomic E-state index is 0. The molecule has 25 heavy (non-hydrogen) atoms. The molecule has 1 heterocycles. The molecule has 0 spiro atoms. The third kappa shape index (κ3) is 3.45. The van der Waals surface area contributed by atoms with Gasteiger partial charge in [-0.15, -0.1) is 18.2 Å². The van der Waals surface area contributed by atoms with Crippen LogP contribution >= 0.6 is 0 Å². The Labute approximate surface area is 174 Å². The van der Waals surface area contributed by atoms with E-state index in [4.69, 9.17) is 0 Å². The number of pyridine rings is 1. The van der Waals surface area contributed by atoms with Gasteiger partial charge in [-0.2, -0.15) is 24.3 Å². The predicted octanol–water partition coefficient (Wildman–Crippen LogP) is 4.90. The zero-order valence-corrected chi connectivity index (χ0v) is 17.3. The molecule has 0 saturated carbocycles. The van der Waals surface area contributed by atoms with Gasteiger partial charge in [-0.3, -0.25) is 0 Å². The zero-order valence-electron chi connectivity index (χ0n) is 14.5. The fourth-order valence-corrected chi connectivity index (χ4v) is 3.17. The molecule has 0 aliphatic heterocycles. The van der Waals surface area contributed by atoms with Gasteiger partial charge >= 0.3 is 0 Å². The van der Waals surface area contributed by atoms with Gasteiger partial charge in [0.05, 0.1) is 0 Å². The van der Waals surface area contributed by atoms with Crippen LogP contribution in [0.2, 0.25) is 0 Å². The standard InChI is InChI=1S/C23H18N.Y/c1-17-12-13-19-10-6-7-11-21(19)23(17)22-16-20(14-15-24(22)2)18-8-4-3-5-9-18;/h3-8,10-15H,1-2H3;/q-1;. The molecule has 0 saturated heterocycles. The summed E-state index contributed by atoms with van der Waals surface area (Å²) in [5.41, 5.74) is 5.73. The van der Waals surface area contributed by atoms with E-state index in [9.17, 15) is 0 Å². The molecule has 3 aromatic carbocycles. The largest absolute Gasteiger partial charge is 0.227 e. The van der Waals surface area contributed by atoms with Crippen molar-refractivity contribution in [3.8, 4) is 22.4 Å². The average molecular weight is 397 g/mol. The Balaban J connectivity index is 0.00000182. The first-order valence-electron chi connectivity index (χ1n) is 8.12. The summed E-state index contributed by atoms with van der Waals surface area (Å²) in [4.78, 5) is 0. The summed E-state index contributed by atoms with van der Waals surface area (Å²) >= 11 is 0. The van der Waals surface area contributed by atoms with Gasteiger partial charge in [0.15, 0.2) is 0 Å². The van der Waals surface area contributed by atoms with E-state index >= 15 is 0 Å². The van der Waals surface area contributed by atoms with Crippen molar-refractivity contribution in [2.24, 2.45) is 7.05 Å². The van der Waals surface area contributed by atoms with Crippen LogP contribution in [-0.2, 0) is 39.8 Å².